The second-order valence-electron chi connectivity index (χ2n) is 5.11. The molecule has 106 valence electrons. The molecule has 1 aromatic heterocycles. The summed E-state index contributed by atoms with van der Waals surface area (Å²) in [6.07, 6.45) is 3.57. The van der Waals surface area contributed by atoms with Gasteiger partial charge in [-0.1, -0.05) is 12.1 Å². The molecule has 1 N–H and O–H groups in total. The zero-order valence-corrected chi connectivity index (χ0v) is 13.7. The number of thiophene rings is 1. The van der Waals surface area contributed by atoms with E-state index in [2.05, 4.69) is 50.2 Å². The number of halogens is 1. The van der Waals surface area contributed by atoms with Gasteiger partial charge in [-0.25, -0.2) is 0 Å². The van der Waals surface area contributed by atoms with E-state index >= 15 is 0 Å². The molecule has 1 fully saturated rings. The molecule has 1 heterocycles. The summed E-state index contributed by atoms with van der Waals surface area (Å²) in [6, 6.07) is 9.12. The van der Waals surface area contributed by atoms with E-state index in [1.807, 2.05) is 6.07 Å². The van der Waals surface area contributed by atoms with Crippen LogP contribution in [0.2, 0.25) is 0 Å². The highest BCUT2D eigenvalue weighted by molar-refractivity contribution is 9.10. The van der Waals surface area contributed by atoms with Gasteiger partial charge in [0.15, 0.2) is 0 Å². The van der Waals surface area contributed by atoms with Crippen LogP contribution in [-0.4, -0.2) is 12.6 Å². The van der Waals surface area contributed by atoms with Crippen LogP contribution < -0.4 is 10.1 Å². The zero-order valence-electron chi connectivity index (χ0n) is 11.3. The molecule has 0 aliphatic heterocycles. The van der Waals surface area contributed by atoms with Crippen LogP contribution in [-0.2, 0) is 13.0 Å². The van der Waals surface area contributed by atoms with E-state index in [0.29, 0.717) is 6.04 Å². The van der Waals surface area contributed by atoms with Crippen LogP contribution in [0.5, 0.6) is 5.75 Å². The molecule has 1 aliphatic rings. The van der Waals surface area contributed by atoms with E-state index in [4.69, 9.17) is 4.74 Å². The van der Waals surface area contributed by atoms with Crippen LogP contribution in [0, 0.1) is 0 Å². The fraction of sp³-hybridized carbons (Fsp3) is 0.375. The van der Waals surface area contributed by atoms with Gasteiger partial charge in [-0.05, 0) is 57.2 Å². The second kappa shape index (κ2) is 6.74. The lowest BCUT2D eigenvalue weighted by atomic mass is 10.2. The van der Waals surface area contributed by atoms with Crippen LogP contribution >= 0.6 is 27.3 Å². The summed E-state index contributed by atoms with van der Waals surface area (Å²) in [6.45, 7) is 1.60. The molecule has 4 heteroatoms. The first-order chi connectivity index (χ1) is 9.83. The number of nitrogens with one attached hydrogen (secondary N) is 1. The second-order valence-corrected chi connectivity index (χ2v) is 6.75. The predicted molar refractivity (Wildman–Crippen MR) is 87.5 cm³/mol. The van der Waals surface area contributed by atoms with Gasteiger partial charge in [-0.15, -0.1) is 0 Å². The Morgan fingerprint density at radius 2 is 2.20 bits per heavy atom. The Morgan fingerprint density at radius 3 is 2.95 bits per heavy atom. The summed E-state index contributed by atoms with van der Waals surface area (Å²) >= 11 is 5.33. The van der Waals surface area contributed by atoms with E-state index in [0.717, 1.165) is 29.8 Å². The normalized spacial score (nSPS) is 14.4. The molecule has 0 radical (unpaired) electrons. The van der Waals surface area contributed by atoms with Gasteiger partial charge in [0, 0.05) is 24.6 Å². The molecule has 0 unspecified atom stereocenters. The first-order valence-electron chi connectivity index (χ1n) is 6.97. The topological polar surface area (TPSA) is 21.3 Å². The third-order valence-electron chi connectivity index (χ3n) is 3.42. The predicted octanol–water partition coefficient (Wildman–Crippen LogP) is 4.38. The van der Waals surface area contributed by atoms with Crippen LogP contribution in [0.15, 0.2) is 39.5 Å². The summed E-state index contributed by atoms with van der Waals surface area (Å²) in [5, 5.41) is 7.83. The number of hydrogen-bond donors (Lipinski definition) is 1. The molecule has 2 nitrogen and oxygen atoms in total. The third kappa shape index (κ3) is 3.84. The molecule has 1 aromatic carbocycles. The maximum absolute atomic E-state index is 6.01. The van der Waals surface area contributed by atoms with Gasteiger partial charge in [0.2, 0.25) is 0 Å². The summed E-state index contributed by atoms with van der Waals surface area (Å²) in [4.78, 5) is 0. The van der Waals surface area contributed by atoms with Gasteiger partial charge in [-0.3, -0.25) is 0 Å². The maximum Gasteiger partial charge on any atom is 0.137 e. The number of rotatable bonds is 7. The van der Waals surface area contributed by atoms with Crippen LogP contribution in [0.25, 0.3) is 0 Å². The minimum atomic E-state index is 0.715. The minimum Gasteiger partial charge on any atom is -0.492 e. The molecule has 20 heavy (non-hydrogen) atoms. The van der Waals surface area contributed by atoms with E-state index < -0.39 is 0 Å². The average molecular weight is 352 g/mol. The Labute approximate surface area is 132 Å². The molecule has 0 amide bonds. The monoisotopic (exact) mass is 351 g/mol. The molecule has 1 aliphatic carbocycles. The molecule has 1 saturated carbocycles. The quantitative estimate of drug-likeness (QED) is 0.798. The summed E-state index contributed by atoms with van der Waals surface area (Å²) in [5.41, 5.74) is 2.58. The van der Waals surface area contributed by atoms with E-state index in [1.54, 1.807) is 11.3 Å². The van der Waals surface area contributed by atoms with Gasteiger partial charge >= 0.3 is 0 Å². The minimum absolute atomic E-state index is 0.715. The van der Waals surface area contributed by atoms with Crippen molar-refractivity contribution in [2.45, 2.75) is 31.8 Å². The number of benzene rings is 1. The fourth-order valence-electron chi connectivity index (χ4n) is 2.10. The van der Waals surface area contributed by atoms with Crippen LogP contribution in [0.3, 0.4) is 0 Å². The molecular formula is C16H18BrNOS. The smallest absolute Gasteiger partial charge is 0.137 e. The lowest BCUT2D eigenvalue weighted by molar-refractivity contribution is 0.316. The van der Waals surface area contributed by atoms with Gasteiger partial charge in [0.25, 0.3) is 0 Å². The summed E-state index contributed by atoms with van der Waals surface area (Å²) in [5.74, 6) is 0.982. The Morgan fingerprint density at radius 1 is 1.30 bits per heavy atom. The van der Waals surface area contributed by atoms with Crippen molar-refractivity contribution in [3.05, 3.63) is 50.6 Å². The average Bonchev–Trinajstić information content (AvgIpc) is 3.14. The highest BCUT2D eigenvalue weighted by Gasteiger charge is 2.21. The van der Waals surface area contributed by atoms with Gasteiger partial charge in [0.1, 0.15) is 5.75 Å². The van der Waals surface area contributed by atoms with Crippen molar-refractivity contribution < 1.29 is 4.74 Å². The molecule has 0 atom stereocenters. The Bertz CT molecular complexity index is 552. The zero-order chi connectivity index (χ0) is 13.8. The lowest BCUT2D eigenvalue weighted by Gasteiger charge is -2.13. The van der Waals surface area contributed by atoms with Gasteiger partial charge < -0.3 is 10.1 Å². The highest BCUT2D eigenvalue weighted by Crippen LogP contribution is 2.30. The van der Waals surface area contributed by atoms with Crippen molar-refractivity contribution in [1.82, 2.24) is 5.32 Å². The molecule has 2 aromatic rings. The summed E-state index contributed by atoms with van der Waals surface area (Å²) < 4.78 is 7.05. The van der Waals surface area contributed by atoms with Gasteiger partial charge in [-0.2, -0.15) is 11.3 Å². The van der Waals surface area contributed by atoms with E-state index in [-0.39, 0.29) is 0 Å². The van der Waals surface area contributed by atoms with Crippen molar-refractivity contribution in [3.63, 3.8) is 0 Å². The van der Waals surface area contributed by atoms with Crippen LogP contribution in [0.4, 0.5) is 0 Å². The first-order valence-corrected chi connectivity index (χ1v) is 8.71. The lowest BCUT2D eigenvalue weighted by Crippen LogP contribution is -2.16. The van der Waals surface area contributed by atoms with Gasteiger partial charge in [0.05, 0.1) is 11.1 Å². The highest BCUT2D eigenvalue weighted by atomic mass is 79.9. The van der Waals surface area contributed by atoms with Crippen molar-refractivity contribution >= 4 is 27.3 Å². The number of ether oxygens (including phenoxy) is 1. The molecule has 0 saturated heterocycles. The molecule has 3 rings (SSSR count). The van der Waals surface area contributed by atoms with Crippen LogP contribution in [0.1, 0.15) is 24.0 Å². The van der Waals surface area contributed by atoms with Crippen molar-refractivity contribution in [2.24, 2.45) is 0 Å². The summed E-state index contributed by atoms with van der Waals surface area (Å²) in [7, 11) is 0. The van der Waals surface area contributed by atoms with Crippen molar-refractivity contribution in [1.29, 1.82) is 0 Å². The van der Waals surface area contributed by atoms with Crippen molar-refractivity contribution in [3.8, 4) is 5.75 Å². The number of para-hydroxylation sites is 1. The van der Waals surface area contributed by atoms with E-state index in [1.165, 1.54) is 24.0 Å². The standard InChI is InChI=1S/C16H18BrNOS/c17-15-3-1-2-13(10-18-14-4-5-14)16(15)19-8-6-12-7-9-20-11-12/h1-3,7,9,11,14,18H,4-6,8,10H2. The number of hydrogen-bond acceptors (Lipinski definition) is 3. The first kappa shape index (κ1) is 14.1. The Kier molecular flexibility index (Phi) is 4.76. The Balaban J connectivity index is 1.60. The third-order valence-corrected chi connectivity index (χ3v) is 4.78. The van der Waals surface area contributed by atoms with Crippen molar-refractivity contribution in [2.75, 3.05) is 6.61 Å². The SMILES string of the molecule is Brc1cccc(CNC2CC2)c1OCCc1ccsc1. The largest absolute Gasteiger partial charge is 0.492 e. The maximum atomic E-state index is 6.01. The fourth-order valence-corrected chi connectivity index (χ4v) is 3.33. The Hall–Kier alpha value is -0.840. The molecule has 0 bridgehead atoms. The van der Waals surface area contributed by atoms with E-state index in [9.17, 15) is 0 Å². The molecular weight excluding hydrogens is 334 g/mol. The molecule has 0 spiro atoms.